The van der Waals surface area contributed by atoms with Gasteiger partial charge in [-0.05, 0) is 36.6 Å². The molecule has 5 heterocycles. The fourth-order valence-corrected chi connectivity index (χ4v) is 4.96. The second kappa shape index (κ2) is 5.64. The minimum Gasteiger partial charge on any atom is -0.354 e. The van der Waals surface area contributed by atoms with Crippen molar-refractivity contribution in [2.24, 2.45) is 5.92 Å². The summed E-state index contributed by atoms with van der Waals surface area (Å²) in [5.41, 5.74) is 3.63. The van der Waals surface area contributed by atoms with Crippen LogP contribution in [-0.4, -0.2) is 32.6 Å². The molecule has 7 heteroatoms. The molecule has 6 nitrogen and oxygen atoms in total. The molecule has 1 N–H and O–H groups in total. The van der Waals surface area contributed by atoms with Gasteiger partial charge < -0.3 is 14.5 Å². The van der Waals surface area contributed by atoms with Crippen molar-refractivity contribution >= 4 is 27.8 Å². The minimum absolute atomic E-state index is 0.0859. The molecular formula is C21H18FN5O. The van der Waals surface area contributed by atoms with Crippen molar-refractivity contribution in [1.82, 2.24) is 19.5 Å². The number of anilines is 1. The van der Waals surface area contributed by atoms with Crippen molar-refractivity contribution in [1.29, 1.82) is 0 Å². The predicted molar refractivity (Wildman–Crippen MR) is 105 cm³/mol. The number of nitrogens with one attached hydrogen (secondary N) is 1. The Kier molecular flexibility index (Phi) is 3.18. The van der Waals surface area contributed by atoms with Crippen molar-refractivity contribution in [2.45, 2.75) is 18.9 Å². The van der Waals surface area contributed by atoms with Crippen molar-refractivity contribution in [3.63, 3.8) is 0 Å². The zero-order valence-corrected chi connectivity index (χ0v) is 15.1. The maximum atomic E-state index is 13.7. The molecular weight excluding hydrogens is 357 g/mol. The van der Waals surface area contributed by atoms with Crippen molar-refractivity contribution in [3.8, 4) is 0 Å². The van der Waals surface area contributed by atoms with E-state index < -0.39 is 0 Å². The largest absolute Gasteiger partial charge is 0.354 e. The molecule has 0 aliphatic carbocycles. The van der Waals surface area contributed by atoms with Gasteiger partial charge in [-0.25, -0.2) is 14.4 Å². The predicted octanol–water partition coefficient (Wildman–Crippen LogP) is 3.04. The van der Waals surface area contributed by atoms with Gasteiger partial charge in [0.25, 0.3) is 5.56 Å². The number of benzene rings is 1. The standard InChI is InChI=1S/C21H18FN5O/c22-14-4-5-16-15(7-14)19-20(25-16)21(24-11-23-19)26-8-12-6-13(10-26)17-2-1-3-18(28)27(17)9-12/h1-5,7,11-13,25H,6,8-10H2. The third-order valence-electron chi connectivity index (χ3n) is 6.10. The summed E-state index contributed by atoms with van der Waals surface area (Å²) in [6, 6.07) is 10.3. The van der Waals surface area contributed by atoms with E-state index in [1.165, 1.54) is 12.1 Å². The van der Waals surface area contributed by atoms with E-state index in [9.17, 15) is 9.18 Å². The normalized spacial score (nSPS) is 21.2. The topological polar surface area (TPSA) is 66.8 Å². The number of nitrogens with zero attached hydrogens (tertiary/aromatic N) is 4. The number of pyridine rings is 1. The lowest BCUT2D eigenvalue weighted by Crippen LogP contribution is -2.47. The molecule has 6 rings (SSSR count). The van der Waals surface area contributed by atoms with Gasteiger partial charge in [-0.2, -0.15) is 0 Å². The summed E-state index contributed by atoms with van der Waals surface area (Å²) in [6.07, 6.45) is 2.64. The molecule has 0 radical (unpaired) electrons. The van der Waals surface area contributed by atoms with Crippen LogP contribution in [0.4, 0.5) is 10.2 Å². The molecule has 2 unspecified atom stereocenters. The van der Waals surface area contributed by atoms with Crippen LogP contribution >= 0.6 is 0 Å². The Morgan fingerprint density at radius 1 is 1.11 bits per heavy atom. The Balaban J connectivity index is 1.47. The quantitative estimate of drug-likeness (QED) is 0.555. The third-order valence-corrected chi connectivity index (χ3v) is 6.10. The maximum absolute atomic E-state index is 13.7. The Morgan fingerprint density at radius 2 is 2.04 bits per heavy atom. The van der Waals surface area contributed by atoms with Gasteiger partial charge in [-0.3, -0.25) is 4.79 Å². The number of rotatable bonds is 1. The van der Waals surface area contributed by atoms with Crippen LogP contribution in [0.3, 0.4) is 0 Å². The number of piperidine rings is 1. The van der Waals surface area contributed by atoms with Crippen molar-refractivity contribution in [3.05, 3.63) is 64.6 Å². The summed E-state index contributed by atoms with van der Waals surface area (Å²) in [5, 5.41) is 0.771. The van der Waals surface area contributed by atoms with E-state index in [0.717, 1.165) is 59.5 Å². The molecule has 2 aliphatic heterocycles. The van der Waals surface area contributed by atoms with Crippen LogP contribution in [-0.2, 0) is 6.54 Å². The molecule has 4 aromatic rings. The van der Waals surface area contributed by atoms with E-state index in [0.29, 0.717) is 11.8 Å². The maximum Gasteiger partial charge on any atom is 0.250 e. The van der Waals surface area contributed by atoms with Gasteiger partial charge in [0, 0.05) is 48.2 Å². The van der Waals surface area contributed by atoms with Crippen LogP contribution in [0.5, 0.6) is 0 Å². The minimum atomic E-state index is -0.275. The lowest BCUT2D eigenvalue weighted by Gasteiger charge is -2.43. The van der Waals surface area contributed by atoms with Gasteiger partial charge in [0.2, 0.25) is 0 Å². The van der Waals surface area contributed by atoms with Crippen LogP contribution in [0, 0.1) is 11.7 Å². The molecule has 2 atom stereocenters. The Labute approximate surface area is 159 Å². The highest BCUT2D eigenvalue weighted by Crippen LogP contribution is 2.38. The smallest absolute Gasteiger partial charge is 0.250 e. The van der Waals surface area contributed by atoms with Gasteiger partial charge in [-0.1, -0.05) is 6.07 Å². The first-order chi connectivity index (χ1) is 13.7. The SMILES string of the molecule is O=c1cccc2n1CC1CC2CN(c2ncnc3c2[nH]c2ccc(F)cc23)C1. The van der Waals surface area contributed by atoms with Crippen LogP contribution in [0.1, 0.15) is 18.0 Å². The fourth-order valence-electron chi connectivity index (χ4n) is 4.96. The van der Waals surface area contributed by atoms with E-state index in [2.05, 4.69) is 25.9 Å². The molecule has 2 aliphatic rings. The van der Waals surface area contributed by atoms with Crippen molar-refractivity contribution < 1.29 is 4.39 Å². The second-order valence-electron chi connectivity index (χ2n) is 7.84. The van der Waals surface area contributed by atoms with E-state index >= 15 is 0 Å². The lowest BCUT2D eigenvalue weighted by atomic mass is 9.83. The van der Waals surface area contributed by atoms with Gasteiger partial charge in [0.05, 0.1) is 0 Å². The van der Waals surface area contributed by atoms with Crippen LogP contribution in [0.25, 0.3) is 21.9 Å². The molecule has 2 bridgehead atoms. The molecule has 140 valence electrons. The first-order valence-corrected chi connectivity index (χ1v) is 9.54. The molecule has 1 saturated heterocycles. The number of halogens is 1. The summed E-state index contributed by atoms with van der Waals surface area (Å²) < 4.78 is 15.7. The summed E-state index contributed by atoms with van der Waals surface area (Å²) in [7, 11) is 0. The summed E-state index contributed by atoms with van der Waals surface area (Å²) in [6.45, 7) is 2.39. The van der Waals surface area contributed by atoms with E-state index in [1.54, 1.807) is 18.5 Å². The van der Waals surface area contributed by atoms with E-state index in [4.69, 9.17) is 0 Å². The number of H-pyrrole nitrogens is 1. The van der Waals surface area contributed by atoms with Gasteiger partial charge in [0.15, 0.2) is 5.82 Å². The Morgan fingerprint density at radius 3 is 2.96 bits per heavy atom. The average molecular weight is 375 g/mol. The molecule has 0 saturated carbocycles. The molecule has 0 amide bonds. The van der Waals surface area contributed by atoms with Gasteiger partial charge in [0.1, 0.15) is 23.2 Å². The number of hydrogen-bond acceptors (Lipinski definition) is 4. The van der Waals surface area contributed by atoms with Crippen molar-refractivity contribution in [2.75, 3.05) is 18.0 Å². The molecule has 1 aromatic carbocycles. The highest BCUT2D eigenvalue weighted by atomic mass is 19.1. The molecule has 28 heavy (non-hydrogen) atoms. The number of hydrogen-bond donors (Lipinski definition) is 1. The highest BCUT2D eigenvalue weighted by molar-refractivity contribution is 6.08. The first kappa shape index (κ1) is 15.8. The zero-order valence-electron chi connectivity index (χ0n) is 15.1. The van der Waals surface area contributed by atoms with E-state index in [1.807, 2.05) is 10.6 Å². The summed E-state index contributed by atoms with van der Waals surface area (Å²) in [4.78, 5) is 26.9. The second-order valence-corrected chi connectivity index (χ2v) is 7.84. The van der Waals surface area contributed by atoms with Gasteiger partial charge in [-0.15, -0.1) is 0 Å². The number of aromatic amines is 1. The fraction of sp³-hybridized carbons (Fsp3) is 0.286. The lowest BCUT2D eigenvalue weighted by molar-refractivity contribution is 0.281. The summed E-state index contributed by atoms with van der Waals surface area (Å²) >= 11 is 0. The van der Waals surface area contributed by atoms with Crippen LogP contribution < -0.4 is 10.5 Å². The van der Waals surface area contributed by atoms with Crippen LogP contribution in [0.2, 0.25) is 0 Å². The first-order valence-electron chi connectivity index (χ1n) is 9.54. The number of fused-ring (bicyclic) bond motifs is 7. The van der Waals surface area contributed by atoms with E-state index in [-0.39, 0.29) is 11.4 Å². The summed E-state index contributed by atoms with van der Waals surface area (Å²) in [5.74, 6) is 1.28. The Hall–Kier alpha value is -3.22. The number of aromatic nitrogens is 4. The highest BCUT2D eigenvalue weighted by Gasteiger charge is 2.35. The zero-order chi connectivity index (χ0) is 18.8. The van der Waals surface area contributed by atoms with Crippen LogP contribution in [0.15, 0.2) is 47.5 Å². The van der Waals surface area contributed by atoms with Gasteiger partial charge >= 0.3 is 0 Å². The third kappa shape index (κ3) is 2.22. The average Bonchev–Trinajstić information content (AvgIpc) is 3.07. The Bertz CT molecular complexity index is 1290. The molecule has 0 spiro atoms. The molecule has 3 aromatic heterocycles. The monoisotopic (exact) mass is 375 g/mol. The molecule has 1 fully saturated rings.